The Morgan fingerprint density at radius 3 is 2.35 bits per heavy atom. The van der Waals surface area contributed by atoms with Gasteiger partial charge in [0.15, 0.2) is 0 Å². The SMILES string of the molecule is CC(=O)OC1CCC2(C)C3C(=O)CC4(C)C(CCC4[C@H](C)/C=C/[C@H](C)C(C)C)C3=CC[C@@]2(OC(C)=O)C1. The fourth-order valence-electron chi connectivity index (χ4n) is 8.69. The van der Waals surface area contributed by atoms with E-state index >= 15 is 0 Å². The van der Waals surface area contributed by atoms with Gasteiger partial charge in [-0.2, -0.15) is 0 Å². The van der Waals surface area contributed by atoms with E-state index in [1.165, 1.54) is 19.4 Å². The molecule has 4 rings (SSSR count). The van der Waals surface area contributed by atoms with E-state index in [-0.39, 0.29) is 29.4 Å². The number of rotatable bonds is 6. The number of Topliss-reactive ketones (excluding diaryl/α,β-unsaturated/α-hetero) is 1. The van der Waals surface area contributed by atoms with Crippen LogP contribution in [0.2, 0.25) is 0 Å². The van der Waals surface area contributed by atoms with E-state index in [1.807, 2.05) is 0 Å². The van der Waals surface area contributed by atoms with Gasteiger partial charge in [-0.05, 0) is 60.7 Å². The van der Waals surface area contributed by atoms with Crippen molar-refractivity contribution in [1.82, 2.24) is 0 Å². The molecule has 0 amide bonds. The van der Waals surface area contributed by atoms with Crippen LogP contribution in [0.3, 0.4) is 0 Å². The second kappa shape index (κ2) is 10.0. The molecule has 6 unspecified atom stereocenters. The molecule has 0 spiro atoms. The highest BCUT2D eigenvalue weighted by Gasteiger charge is 2.67. The third-order valence-corrected chi connectivity index (χ3v) is 11.0. The van der Waals surface area contributed by atoms with Crippen LogP contribution < -0.4 is 0 Å². The van der Waals surface area contributed by atoms with Crippen molar-refractivity contribution >= 4 is 17.7 Å². The Bertz CT molecular complexity index is 993. The van der Waals surface area contributed by atoms with Crippen LogP contribution in [0.5, 0.6) is 0 Å². The molecule has 0 aliphatic heterocycles. The summed E-state index contributed by atoms with van der Waals surface area (Å²) < 4.78 is 11.7. The van der Waals surface area contributed by atoms with Gasteiger partial charge in [0.2, 0.25) is 0 Å². The van der Waals surface area contributed by atoms with Gasteiger partial charge >= 0.3 is 11.9 Å². The highest BCUT2D eigenvalue weighted by Crippen LogP contribution is 2.67. The first kappa shape index (κ1) is 28.1. The molecule has 0 aromatic heterocycles. The van der Waals surface area contributed by atoms with Crippen molar-refractivity contribution in [3.63, 3.8) is 0 Å². The van der Waals surface area contributed by atoms with Crippen molar-refractivity contribution in [2.45, 2.75) is 112 Å². The summed E-state index contributed by atoms with van der Waals surface area (Å²) in [5.41, 5.74) is -0.0647. The van der Waals surface area contributed by atoms with E-state index in [9.17, 15) is 14.4 Å². The fraction of sp³-hybridized carbons (Fsp3) is 0.781. The molecular weight excluding hydrogens is 464 g/mol. The van der Waals surface area contributed by atoms with E-state index in [0.717, 1.165) is 12.8 Å². The number of carbonyl (C=O) groups excluding carboxylic acids is 3. The van der Waals surface area contributed by atoms with Crippen LogP contribution >= 0.6 is 0 Å². The number of hydrogen-bond donors (Lipinski definition) is 0. The van der Waals surface area contributed by atoms with Gasteiger partial charge in [-0.1, -0.05) is 65.3 Å². The van der Waals surface area contributed by atoms with Gasteiger partial charge in [-0.15, -0.1) is 0 Å². The van der Waals surface area contributed by atoms with Gasteiger partial charge in [0, 0.05) is 44.4 Å². The maximum absolute atomic E-state index is 14.2. The maximum Gasteiger partial charge on any atom is 0.303 e. The first-order chi connectivity index (χ1) is 17.2. The number of ether oxygens (including phenoxy) is 2. The molecule has 9 atom stereocenters. The van der Waals surface area contributed by atoms with Crippen molar-refractivity contribution in [2.24, 2.45) is 46.3 Å². The van der Waals surface area contributed by atoms with E-state index in [1.54, 1.807) is 0 Å². The molecule has 0 aromatic carbocycles. The van der Waals surface area contributed by atoms with Gasteiger partial charge in [0.1, 0.15) is 17.5 Å². The number of allylic oxidation sites excluding steroid dienone is 3. The van der Waals surface area contributed by atoms with Crippen molar-refractivity contribution < 1.29 is 23.9 Å². The molecule has 0 radical (unpaired) electrons. The Morgan fingerprint density at radius 1 is 1.03 bits per heavy atom. The summed E-state index contributed by atoms with van der Waals surface area (Å²) in [7, 11) is 0. The van der Waals surface area contributed by atoms with Crippen molar-refractivity contribution in [2.75, 3.05) is 0 Å². The highest BCUT2D eigenvalue weighted by molar-refractivity contribution is 5.88. The summed E-state index contributed by atoms with van der Waals surface area (Å²) in [6, 6.07) is 0. The van der Waals surface area contributed by atoms with E-state index in [2.05, 4.69) is 59.8 Å². The number of hydrogen-bond acceptors (Lipinski definition) is 5. The molecule has 0 N–H and O–H groups in total. The molecule has 0 saturated heterocycles. The van der Waals surface area contributed by atoms with Gasteiger partial charge in [-0.25, -0.2) is 0 Å². The monoisotopic (exact) mass is 512 g/mol. The topological polar surface area (TPSA) is 69.7 Å². The van der Waals surface area contributed by atoms with Crippen LogP contribution in [0, 0.1) is 46.3 Å². The van der Waals surface area contributed by atoms with Gasteiger partial charge in [-0.3, -0.25) is 14.4 Å². The molecule has 37 heavy (non-hydrogen) atoms. The van der Waals surface area contributed by atoms with Crippen LogP contribution in [0.4, 0.5) is 0 Å². The van der Waals surface area contributed by atoms with Crippen LogP contribution in [-0.4, -0.2) is 29.4 Å². The molecule has 4 aliphatic rings. The largest absolute Gasteiger partial charge is 0.462 e. The second-order valence-electron chi connectivity index (χ2n) is 13.6. The van der Waals surface area contributed by atoms with Crippen molar-refractivity contribution in [3.8, 4) is 0 Å². The van der Waals surface area contributed by atoms with Gasteiger partial charge in [0.05, 0.1) is 0 Å². The third kappa shape index (κ3) is 4.74. The van der Waals surface area contributed by atoms with Crippen LogP contribution in [0.25, 0.3) is 0 Å². The van der Waals surface area contributed by atoms with Crippen LogP contribution in [-0.2, 0) is 23.9 Å². The predicted octanol–water partition coefficient (Wildman–Crippen LogP) is 6.85. The normalized spacial score (nSPS) is 40.9. The van der Waals surface area contributed by atoms with E-state index < -0.39 is 11.0 Å². The summed E-state index contributed by atoms with van der Waals surface area (Å²) >= 11 is 0. The van der Waals surface area contributed by atoms with Gasteiger partial charge < -0.3 is 9.47 Å². The Balaban J connectivity index is 1.67. The van der Waals surface area contributed by atoms with Crippen molar-refractivity contribution in [3.05, 3.63) is 23.8 Å². The molecule has 5 nitrogen and oxygen atoms in total. The number of fused-ring (bicyclic) bond motifs is 5. The first-order valence-corrected chi connectivity index (χ1v) is 14.5. The smallest absolute Gasteiger partial charge is 0.303 e. The number of esters is 2. The minimum atomic E-state index is -0.824. The zero-order chi connectivity index (χ0) is 27.3. The Labute approximate surface area is 223 Å². The fourth-order valence-corrected chi connectivity index (χ4v) is 8.69. The number of ketones is 1. The third-order valence-electron chi connectivity index (χ3n) is 11.0. The average Bonchev–Trinajstić information content (AvgIpc) is 3.13. The Kier molecular flexibility index (Phi) is 7.60. The lowest BCUT2D eigenvalue weighted by Gasteiger charge is -2.61. The lowest BCUT2D eigenvalue weighted by molar-refractivity contribution is -0.209. The molecule has 0 bridgehead atoms. The van der Waals surface area contributed by atoms with E-state index in [0.29, 0.717) is 67.5 Å². The molecular formula is C32H48O5. The Hall–Kier alpha value is -1.91. The first-order valence-electron chi connectivity index (χ1n) is 14.5. The maximum atomic E-state index is 14.2. The second-order valence-corrected chi connectivity index (χ2v) is 13.6. The standard InChI is InChI=1S/C32H48O5/c1-19(2)20(3)9-10-21(4)26-11-12-27-25-14-16-32(37-23(6)34)17-24(36-22(5)33)13-15-31(32,8)29(25)28(35)18-30(26,27)7/h9-10,14,19-21,24,26-27,29H,11-13,15-18H2,1-8H3/b10-9+/t20-,21+,24?,26?,27?,29?,30?,31?,32+/m0/s1. The molecule has 0 heterocycles. The minimum Gasteiger partial charge on any atom is -0.462 e. The van der Waals surface area contributed by atoms with Crippen molar-refractivity contribution in [1.29, 1.82) is 0 Å². The molecule has 3 saturated carbocycles. The summed E-state index contributed by atoms with van der Waals surface area (Å²) in [4.78, 5) is 38.2. The van der Waals surface area contributed by atoms with Crippen LogP contribution in [0.1, 0.15) is 100 Å². The lowest BCUT2D eigenvalue weighted by Crippen LogP contribution is -2.63. The van der Waals surface area contributed by atoms with Gasteiger partial charge in [0.25, 0.3) is 0 Å². The zero-order valence-electron chi connectivity index (χ0n) is 24.3. The summed E-state index contributed by atoms with van der Waals surface area (Å²) in [5, 5.41) is 0. The Morgan fingerprint density at radius 2 is 1.73 bits per heavy atom. The summed E-state index contributed by atoms with van der Waals surface area (Å²) in [6.45, 7) is 16.5. The molecule has 3 fully saturated rings. The molecule has 206 valence electrons. The molecule has 5 heteroatoms. The van der Waals surface area contributed by atoms with E-state index in [4.69, 9.17) is 9.47 Å². The van der Waals surface area contributed by atoms with Crippen LogP contribution in [0.15, 0.2) is 23.8 Å². The zero-order valence-corrected chi connectivity index (χ0v) is 24.3. The molecule has 0 aromatic rings. The molecule has 4 aliphatic carbocycles. The predicted molar refractivity (Wildman–Crippen MR) is 144 cm³/mol. The summed E-state index contributed by atoms with van der Waals surface area (Å²) in [5.74, 6) is 1.87. The number of carbonyl (C=O) groups is 3. The quantitative estimate of drug-likeness (QED) is 0.288. The lowest BCUT2D eigenvalue weighted by atomic mass is 9.45. The highest BCUT2D eigenvalue weighted by atomic mass is 16.6. The summed E-state index contributed by atoms with van der Waals surface area (Å²) in [6.07, 6.45) is 12.0. The minimum absolute atomic E-state index is 0.0447. The average molecular weight is 513 g/mol.